The standard InChI is InChI=1S/C30H61N2O6P/c1-5-6-7-8-9-10-11-12-13-14-15-16-17-18-19-20-26-36-30(33)31-23-21-29(22-24-31)28-38-39(34,35)37-27-25-32(2,3)4/h29H,5-28H2,1-4H3. The molecular formula is C30H61N2O6P. The SMILES string of the molecule is CCCCCCCCCCCCCCCCCCOC(=O)N1CCC(COP(=O)([O-])OCC[N+](C)(C)C)CC1. The summed E-state index contributed by atoms with van der Waals surface area (Å²) in [5, 5.41) is 0. The van der Waals surface area contributed by atoms with E-state index in [4.69, 9.17) is 13.8 Å². The highest BCUT2D eigenvalue weighted by atomic mass is 31.2. The average molecular weight is 577 g/mol. The maximum absolute atomic E-state index is 12.3. The molecule has 8 nitrogen and oxygen atoms in total. The molecule has 0 saturated carbocycles. The van der Waals surface area contributed by atoms with E-state index in [2.05, 4.69) is 6.92 Å². The number of amides is 1. The van der Waals surface area contributed by atoms with Crippen molar-refractivity contribution in [3.8, 4) is 0 Å². The summed E-state index contributed by atoms with van der Waals surface area (Å²) in [7, 11) is 1.63. The number of carbonyl (C=O) groups excluding carboxylic acids is 1. The molecule has 1 atom stereocenters. The maximum atomic E-state index is 12.3. The van der Waals surface area contributed by atoms with Gasteiger partial charge in [0.1, 0.15) is 13.2 Å². The van der Waals surface area contributed by atoms with Gasteiger partial charge in [-0.1, -0.05) is 103 Å². The minimum Gasteiger partial charge on any atom is -0.756 e. The van der Waals surface area contributed by atoms with Crippen LogP contribution in [0, 0.1) is 5.92 Å². The summed E-state index contributed by atoms with van der Waals surface area (Å²) in [6.07, 6.45) is 22.3. The fraction of sp³-hybridized carbons (Fsp3) is 0.967. The number of phosphoric acid groups is 1. The van der Waals surface area contributed by atoms with Crippen LogP contribution in [0.4, 0.5) is 4.79 Å². The molecule has 0 aliphatic carbocycles. The number of nitrogens with zero attached hydrogens (tertiary/aromatic N) is 2. The number of quaternary nitrogens is 1. The number of likely N-dealkylation sites (N-methyl/N-ethyl adjacent to an activating group) is 1. The Bertz CT molecular complexity index is 650. The molecule has 1 rings (SSSR count). The van der Waals surface area contributed by atoms with Gasteiger partial charge in [0.15, 0.2) is 0 Å². The summed E-state index contributed by atoms with van der Waals surface area (Å²) in [6, 6.07) is 0. The van der Waals surface area contributed by atoms with E-state index in [1.807, 2.05) is 21.1 Å². The highest BCUT2D eigenvalue weighted by molar-refractivity contribution is 7.45. The maximum Gasteiger partial charge on any atom is 0.409 e. The molecule has 0 aromatic rings. The predicted molar refractivity (Wildman–Crippen MR) is 158 cm³/mol. The molecule has 0 spiro atoms. The van der Waals surface area contributed by atoms with Crippen molar-refractivity contribution in [2.24, 2.45) is 5.92 Å². The van der Waals surface area contributed by atoms with Crippen LogP contribution in [0.15, 0.2) is 0 Å². The Morgan fingerprint density at radius 1 is 0.769 bits per heavy atom. The van der Waals surface area contributed by atoms with E-state index < -0.39 is 7.82 Å². The molecule has 1 aliphatic heterocycles. The third-order valence-electron chi connectivity index (χ3n) is 7.58. The van der Waals surface area contributed by atoms with Crippen molar-refractivity contribution in [2.45, 2.75) is 122 Å². The number of phosphoric ester groups is 1. The molecule has 1 aliphatic rings. The van der Waals surface area contributed by atoms with E-state index in [1.165, 1.54) is 89.9 Å². The van der Waals surface area contributed by atoms with Gasteiger partial charge in [-0.3, -0.25) is 4.57 Å². The van der Waals surface area contributed by atoms with Gasteiger partial charge in [-0.2, -0.15) is 0 Å². The largest absolute Gasteiger partial charge is 0.756 e. The molecule has 0 radical (unpaired) electrons. The van der Waals surface area contributed by atoms with Gasteiger partial charge in [0.2, 0.25) is 0 Å². The van der Waals surface area contributed by atoms with Gasteiger partial charge < -0.3 is 28.1 Å². The minimum atomic E-state index is -4.29. The lowest BCUT2D eigenvalue weighted by Crippen LogP contribution is -2.40. The lowest BCUT2D eigenvalue weighted by atomic mass is 9.98. The Kier molecular flexibility index (Phi) is 20.5. The third-order valence-corrected chi connectivity index (χ3v) is 8.54. The fourth-order valence-corrected chi connectivity index (χ4v) is 5.62. The molecule has 39 heavy (non-hydrogen) atoms. The van der Waals surface area contributed by atoms with Crippen LogP contribution in [0.25, 0.3) is 0 Å². The predicted octanol–water partition coefficient (Wildman–Crippen LogP) is 7.30. The van der Waals surface area contributed by atoms with Crippen LogP contribution in [0.3, 0.4) is 0 Å². The van der Waals surface area contributed by atoms with Crippen molar-refractivity contribution in [1.29, 1.82) is 0 Å². The summed E-state index contributed by atoms with van der Waals surface area (Å²) >= 11 is 0. The minimum absolute atomic E-state index is 0.0960. The van der Waals surface area contributed by atoms with E-state index in [-0.39, 0.29) is 25.2 Å². The number of ether oxygens (including phenoxy) is 1. The van der Waals surface area contributed by atoms with Crippen molar-refractivity contribution in [1.82, 2.24) is 4.90 Å². The van der Waals surface area contributed by atoms with Crippen molar-refractivity contribution < 1.29 is 32.5 Å². The van der Waals surface area contributed by atoms with Gasteiger partial charge in [0.05, 0.1) is 34.4 Å². The Morgan fingerprint density at radius 2 is 1.23 bits per heavy atom. The third kappa shape index (κ3) is 21.7. The van der Waals surface area contributed by atoms with Crippen molar-refractivity contribution in [3.05, 3.63) is 0 Å². The molecule has 1 saturated heterocycles. The zero-order chi connectivity index (χ0) is 28.8. The smallest absolute Gasteiger partial charge is 0.409 e. The van der Waals surface area contributed by atoms with Crippen molar-refractivity contribution >= 4 is 13.9 Å². The quantitative estimate of drug-likeness (QED) is 0.0680. The van der Waals surface area contributed by atoms with Crippen LogP contribution in [0.5, 0.6) is 0 Å². The molecule has 1 fully saturated rings. The second kappa shape index (κ2) is 22.0. The number of piperidine rings is 1. The summed E-state index contributed by atoms with van der Waals surface area (Å²) < 4.78 is 28.1. The van der Waals surface area contributed by atoms with Gasteiger partial charge in [-0.05, 0) is 25.2 Å². The average Bonchev–Trinajstić information content (AvgIpc) is 2.88. The van der Waals surface area contributed by atoms with Crippen LogP contribution < -0.4 is 4.89 Å². The van der Waals surface area contributed by atoms with Gasteiger partial charge in [-0.25, -0.2) is 4.79 Å². The van der Waals surface area contributed by atoms with Gasteiger partial charge >= 0.3 is 6.09 Å². The molecule has 0 aromatic carbocycles. The highest BCUT2D eigenvalue weighted by Crippen LogP contribution is 2.39. The Morgan fingerprint density at radius 3 is 1.69 bits per heavy atom. The Hall–Kier alpha value is -0.660. The Balaban J connectivity index is 1.92. The normalized spacial score (nSPS) is 16.4. The zero-order valence-corrected chi connectivity index (χ0v) is 26.7. The van der Waals surface area contributed by atoms with Crippen LogP contribution >= 0.6 is 7.82 Å². The first-order valence-corrected chi connectivity index (χ1v) is 17.4. The number of hydrogen-bond donors (Lipinski definition) is 0. The summed E-state index contributed by atoms with van der Waals surface area (Å²) in [5.41, 5.74) is 0. The molecule has 0 N–H and O–H groups in total. The fourth-order valence-electron chi connectivity index (χ4n) is 4.84. The second-order valence-corrected chi connectivity index (χ2v) is 13.8. The zero-order valence-electron chi connectivity index (χ0n) is 25.8. The molecule has 232 valence electrons. The van der Waals surface area contributed by atoms with Gasteiger partial charge in [0, 0.05) is 13.1 Å². The van der Waals surface area contributed by atoms with E-state index in [9.17, 15) is 14.3 Å². The topological polar surface area (TPSA) is 88.1 Å². The lowest BCUT2D eigenvalue weighted by molar-refractivity contribution is -0.870. The number of likely N-dealkylation sites (tertiary alicyclic amines) is 1. The molecule has 0 bridgehead atoms. The summed E-state index contributed by atoms with van der Waals surface area (Å²) in [4.78, 5) is 26.0. The first-order valence-electron chi connectivity index (χ1n) is 16.0. The highest BCUT2D eigenvalue weighted by Gasteiger charge is 2.25. The number of unbranched alkanes of at least 4 members (excludes halogenated alkanes) is 15. The monoisotopic (exact) mass is 576 g/mol. The first-order chi connectivity index (χ1) is 18.6. The van der Waals surface area contributed by atoms with Crippen LogP contribution in [-0.4, -0.2) is 76.1 Å². The Labute approximate surface area is 240 Å². The summed E-state index contributed by atoms with van der Waals surface area (Å²) in [6.45, 7) is 4.67. The number of hydrogen-bond acceptors (Lipinski definition) is 6. The lowest BCUT2D eigenvalue weighted by Gasteiger charge is -2.33. The van der Waals surface area contributed by atoms with E-state index in [0.29, 0.717) is 43.6 Å². The number of rotatable bonds is 24. The molecular weight excluding hydrogens is 515 g/mol. The molecule has 1 unspecified atom stereocenters. The number of carbonyl (C=O) groups is 1. The van der Waals surface area contributed by atoms with Crippen molar-refractivity contribution in [2.75, 3.05) is 60.6 Å². The van der Waals surface area contributed by atoms with E-state index in [0.717, 1.165) is 12.8 Å². The summed E-state index contributed by atoms with van der Waals surface area (Å²) in [5.74, 6) is 0.0960. The van der Waals surface area contributed by atoms with Crippen LogP contribution in [0.2, 0.25) is 0 Å². The van der Waals surface area contributed by atoms with E-state index >= 15 is 0 Å². The van der Waals surface area contributed by atoms with Crippen LogP contribution in [0.1, 0.15) is 122 Å². The molecule has 0 aromatic heterocycles. The molecule has 1 amide bonds. The molecule has 1 heterocycles. The van der Waals surface area contributed by atoms with Gasteiger partial charge in [-0.15, -0.1) is 0 Å². The first kappa shape index (κ1) is 36.4. The molecule has 9 heteroatoms. The van der Waals surface area contributed by atoms with Gasteiger partial charge in [0.25, 0.3) is 7.82 Å². The second-order valence-electron chi connectivity index (χ2n) is 12.4. The van der Waals surface area contributed by atoms with Crippen LogP contribution in [-0.2, 0) is 18.3 Å². The van der Waals surface area contributed by atoms with Crippen molar-refractivity contribution in [3.63, 3.8) is 0 Å². The van der Waals surface area contributed by atoms with E-state index in [1.54, 1.807) is 4.90 Å².